The molecule has 0 aromatic rings. The lowest BCUT2D eigenvalue weighted by molar-refractivity contribution is -0.141. The van der Waals surface area contributed by atoms with Gasteiger partial charge >= 0.3 is 0 Å². The summed E-state index contributed by atoms with van der Waals surface area (Å²) in [6, 6.07) is 0.191. The Bertz CT molecular complexity index is 323. The van der Waals surface area contributed by atoms with E-state index in [9.17, 15) is 4.79 Å². The Morgan fingerprint density at radius 3 is 1.95 bits per heavy atom. The molecule has 0 atom stereocenters. The lowest BCUT2D eigenvalue weighted by Gasteiger charge is -2.38. The van der Waals surface area contributed by atoms with Crippen molar-refractivity contribution in [2.75, 3.05) is 6.54 Å². The molecule has 0 aliphatic rings. The molecule has 1 amide bonds. The molecule has 0 fully saturated rings. The van der Waals surface area contributed by atoms with Crippen molar-refractivity contribution in [2.24, 2.45) is 11.1 Å². The lowest BCUT2D eigenvalue weighted by Crippen LogP contribution is -2.53. The highest BCUT2D eigenvalue weighted by atomic mass is 32.1. The topological polar surface area (TPSA) is 46.3 Å². The molecule has 0 saturated heterocycles. The van der Waals surface area contributed by atoms with E-state index in [0.29, 0.717) is 4.99 Å². The van der Waals surface area contributed by atoms with Crippen molar-refractivity contribution in [1.29, 1.82) is 0 Å². The summed E-state index contributed by atoms with van der Waals surface area (Å²) in [4.78, 5) is 15.5. The number of nitrogens with zero attached hydrogens (tertiary/aromatic N) is 1. The molecule has 0 unspecified atom stereocenters. The van der Waals surface area contributed by atoms with Crippen LogP contribution in [0.4, 0.5) is 0 Å². The minimum Gasteiger partial charge on any atom is -0.392 e. The first-order valence-corrected chi connectivity index (χ1v) is 8.89. The maximum absolute atomic E-state index is 13.2. The highest BCUT2D eigenvalue weighted by Gasteiger charge is 2.42. The fourth-order valence-corrected chi connectivity index (χ4v) is 3.24. The molecule has 0 rings (SSSR count). The Balaban J connectivity index is 5.31. The van der Waals surface area contributed by atoms with Crippen molar-refractivity contribution >= 4 is 23.1 Å². The monoisotopic (exact) mass is 314 g/mol. The van der Waals surface area contributed by atoms with Crippen LogP contribution in [0.15, 0.2) is 0 Å². The van der Waals surface area contributed by atoms with Gasteiger partial charge in [0.25, 0.3) is 0 Å². The van der Waals surface area contributed by atoms with E-state index in [2.05, 4.69) is 34.6 Å². The van der Waals surface area contributed by atoms with Crippen LogP contribution in [0.25, 0.3) is 0 Å². The van der Waals surface area contributed by atoms with Gasteiger partial charge in [-0.2, -0.15) is 0 Å². The Morgan fingerprint density at radius 1 is 1.10 bits per heavy atom. The van der Waals surface area contributed by atoms with Crippen LogP contribution in [-0.2, 0) is 4.79 Å². The summed E-state index contributed by atoms with van der Waals surface area (Å²) in [5, 5.41) is 0. The normalized spacial score (nSPS) is 11.7. The maximum atomic E-state index is 13.2. The van der Waals surface area contributed by atoms with Gasteiger partial charge in [-0.05, 0) is 33.1 Å². The summed E-state index contributed by atoms with van der Waals surface area (Å²) in [7, 11) is 0. The van der Waals surface area contributed by atoms with Crippen LogP contribution in [-0.4, -0.2) is 28.4 Å². The largest absolute Gasteiger partial charge is 0.392 e. The molecule has 0 spiro atoms. The van der Waals surface area contributed by atoms with Gasteiger partial charge in [-0.15, -0.1) is 0 Å². The number of thiocarbonyl (C=S) groups is 1. The summed E-state index contributed by atoms with van der Waals surface area (Å²) < 4.78 is 0. The Labute approximate surface area is 136 Å². The highest BCUT2D eigenvalue weighted by Crippen LogP contribution is 2.33. The predicted octanol–water partition coefficient (Wildman–Crippen LogP) is 4.29. The molecule has 21 heavy (non-hydrogen) atoms. The number of rotatable bonds is 11. The minimum atomic E-state index is -0.644. The summed E-state index contributed by atoms with van der Waals surface area (Å²) >= 11 is 5.31. The second-order valence-corrected chi connectivity index (χ2v) is 6.69. The van der Waals surface area contributed by atoms with E-state index >= 15 is 0 Å². The first kappa shape index (κ1) is 20.4. The second-order valence-electron chi connectivity index (χ2n) is 6.25. The van der Waals surface area contributed by atoms with Gasteiger partial charge in [0.2, 0.25) is 5.91 Å². The zero-order valence-corrected chi connectivity index (χ0v) is 15.4. The van der Waals surface area contributed by atoms with Gasteiger partial charge in [0, 0.05) is 12.6 Å². The molecule has 0 bridgehead atoms. The van der Waals surface area contributed by atoms with E-state index in [-0.39, 0.29) is 11.9 Å². The molecule has 0 radical (unpaired) electrons. The Hall–Kier alpha value is -0.640. The van der Waals surface area contributed by atoms with Gasteiger partial charge in [-0.3, -0.25) is 4.79 Å². The van der Waals surface area contributed by atoms with E-state index in [1.54, 1.807) is 0 Å². The van der Waals surface area contributed by atoms with E-state index < -0.39 is 5.41 Å². The molecule has 0 aromatic heterocycles. The lowest BCUT2D eigenvalue weighted by atomic mass is 9.77. The number of hydrogen-bond donors (Lipinski definition) is 1. The fraction of sp³-hybridized carbons (Fsp3) is 0.882. The number of hydrogen-bond acceptors (Lipinski definition) is 2. The van der Waals surface area contributed by atoms with Crippen molar-refractivity contribution < 1.29 is 4.79 Å². The second kappa shape index (κ2) is 10.1. The first-order valence-electron chi connectivity index (χ1n) is 8.48. The molecule has 2 N–H and O–H groups in total. The predicted molar refractivity (Wildman–Crippen MR) is 95.4 cm³/mol. The van der Waals surface area contributed by atoms with Crippen molar-refractivity contribution in [1.82, 2.24) is 4.90 Å². The Morgan fingerprint density at radius 2 is 1.62 bits per heavy atom. The van der Waals surface area contributed by atoms with Crippen LogP contribution in [0.5, 0.6) is 0 Å². The van der Waals surface area contributed by atoms with Crippen molar-refractivity contribution in [3.05, 3.63) is 0 Å². The van der Waals surface area contributed by atoms with E-state index in [0.717, 1.165) is 51.5 Å². The van der Waals surface area contributed by atoms with Crippen LogP contribution in [0.2, 0.25) is 0 Å². The van der Waals surface area contributed by atoms with Crippen molar-refractivity contribution in [3.63, 3.8) is 0 Å². The quantitative estimate of drug-likeness (QED) is 0.457. The molecule has 124 valence electrons. The third-order valence-electron chi connectivity index (χ3n) is 4.12. The maximum Gasteiger partial charge on any atom is 0.235 e. The SMILES string of the molecule is CCCCCN(C(=O)C(CCC)(CCC)C(N)=S)C(C)C. The van der Waals surface area contributed by atoms with Gasteiger partial charge in [-0.1, -0.05) is 58.7 Å². The third-order valence-corrected chi connectivity index (χ3v) is 4.51. The van der Waals surface area contributed by atoms with E-state index in [1.165, 1.54) is 0 Å². The van der Waals surface area contributed by atoms with Gasteiger partial charge in [0.05, 0.1) is 10.4 Å². The zero-order valence-electron chi connectivity index (χ0n) is 14.6. The van der Waals surface area contributed by atoms with E-state index in [1.807, 2.05) is 4.90 Å². The zero-order chi connectivity index (χ0) is 16.5. The number of nitrogens with two attached hydrogens (primary N) is 1. The van der Waals surface area contributed by atoms with Crippen molar-refractivity contribution in [2.45, 2.75) is 85.6 Å². The van der Waals surface area contributed by atoms with Gasteiger partial charge in [-0.25, -0.2) is 0 Å². The fourth-order valence-electron chi connectivity index (χ4n) is 2.95. The molecule has 4 heteroatoms. The first-order chi connectivity index (χ1) is 9.87. The molecule has 3 nitrogen and oxygen atoms in total. The minimum absolute atomic E-state index is 0.143. The number of amides is 1. The number of unbranched alkanes of at least 4 members (excludes halogenated alkanes) is 2. The molecule has 0 aliphatic heterocycles. The van der Waals surface area contributed by atoms with E-state index in [4.69, 9.17) is 18.0 Å². The molecule has 0 saturated carbocycles. The average Bonchev–Trinajstić information content (AvgIpc) is 2.42. The van der Waals surface area contributed by atoms with Gasteiger partial charge in [0.15, 0.2) is 0 Å². The van der Waals surface area contributed by atoms with Gasteiger partial charge in [0.1, 0.15) is 0 Å². The molecule has 0 aliphatic carbocycles. The average molecular weight is 315 g/mol. The Kier molecular flexibility index (Phi) is 9.84. The molecular weight excluding hydrogens is 280 g/mol. The number of carbonyl (C=O) groups is 1. The number of carbonyl (C=O) groups excluding carboxylic acids is 1. The highest BCUT2D eigenvalue weighted by molar-refractivity contribution is 7.80. The van der Waals surface area contributed by atoms with Crippen LogP contribution < -0.4 is 5.73 Å². The van der Waals surface area contributed by atoms with Crippen LogP contribution in [0, 0.1) is 5.41 Å². The summed E-state index contributed by atoms with van der Waals surface area (Å²) in [5.41, 5.74) is 5.38. The standard InChI is InChI=1S/C17H34N2OS/c1-6-9-10-13-19(14(4)5)16(20)17(11-7-2,12-8-3)15(18)21/h14H,6-13H2,1-5H3,(H2,18,21). The van der Waals surface area contributed by atoms with Crippen LogP contribution in [0.3, 0.4) is 0 Å². The van der Waals surface area contributed by atoms with Crippen LogP contribution in [0.1, 0.15) is 79.6 Å². The molecule has 0 aromatic carbocycles. The van der Waals surface area contributed by atoms with Gasteiger partial charge < -0.3 is 10.6 Å². The summed E-state index contributed by atoms with van der Waals surface area (Å²) in [6.45, 7) is 11.3. The molecular formula is C17H34N2OS. The smallest absolute Gasteiger partial charge is 0.235 e. The molecule has 0 heterocycles. The third kappa shape index (κ3) is 5.57. The summed E-state index contributed by atoms with van der Waals surface area (Å²) in [6.07, 6.45) is 6.71. The summed E-state index contributed by atoms with van der Waals surface area (Å²) in [5.74, 6) is 0.143. The van der Waals surface area contributed by atoms with Crippen molar-refractivity contribution in [3.8, 4) is 0 Å². The van der Waals surface area contributed by atoms with Crippen LogP contribution >= 0.6 is 12.2 Å².